The Morgan fingerprint density at radius 1 is 1.29 bits per heavy atom. The lowest BCUT2D eigenvalue weighted by Gasteiger charge is -2.11. The predicted octanol–water partition coefficient (Wildman–Crippen LogP) is 2.20. The Balaban J connectivity index is 1.21. The van der Waals surface area contributed by atoms with Crippen LogP contribution < -0.4 is 15.8 Å². The first-order valence-electron chi connectivity index (χ1n) is 8.00. The Morgan fingerprint density at radius 2 is 2.05 bits per heavy atom. The molecule has 0 radical (unpaired) electrons. The molecule has 3 fully saturated rings. The molecule has 0 aromatic heterocycles. The van der Waals surface area contributed by atoms with Gasteiger partial charge in [-0.2, -0.15) is 0 Å². The van der Waals surface area contributed by atoms with Gasteiger partial charge in [0.25, 0.3) is 0 Å². The Bertz CT molecular complexity index is 543. The minimum absolute atomic E-state index is 0.123. The van der Waals surface area contributed by atoms with Crippen LogP contribution in [0.3, 0.4) is 0 Å². The Kier molecular flexibility index (Phi) is 3.05. The third kappa shape index (κ3) is 2.37. The van der Waals surface area contributed by atoms with Gasteiger partial charge in [-0.3, -0.25) is 4.79 Å². The average molecular weight is 286 g/mol. The predicted molar refractivity (Wildman–Crippen MR) is 80.7 cm³/mol. The van der Waals surface area contributed by atoms with Gasteiger partial charge in [0.2, 0.25) is 5.91 Å². The van der Waals surface area contributed by atoms with Gasteiger partial charge in [-0.05, 0) is 55.1 Å². The molecule has 21 heavy (non-hydrogen) atoms. The number of carbonyl (C=O) groups excluding carboxylic acids is 1. The largest absolute Gasteiger partial charge is 0.493 e. The van der Waals surface area contributed by atoms with Gasteiger partial charge in [-0.1, -0.05) is 6.07 Å². The molecule has 3 saturated carbocycles. The van der Waals surface area contributed by atoms with Crippen LogP contribution >= 0.6 is 0 Å². The van der Waals surface area contributed by atoms with Gasteiger partial charge >= 0.3 is 0 Å². The molecule has 4 unspecified atom stereocenters. The molecule has 4 heteroatoms. The van der Waals surface area contributed by atoms with Gasteiger partial charge in [0.15, 0.2) is 0 Å². The zero-order valence-electron chi connectivity index (χ0n) is 12.1. The molecule has 3 aliphatic rings. The third-order valence-corrected chi connectivity index (χ3v) is 5.52. The van der Waals surface area contributed by atoms with E-state index in [1.54, 1.807) is 6.07 Å². The van der Waals surface area contributed by atoms with Crippen LogP contribution in [0, 0.1) is 23.7 Å². The fourth-order valence-corrected chi connectivity index (χ4v) is 4.64. The summed E-state index contributed by atoms with van der Waals surface area (Å²) in [5.74, 6) is 4.23. The molecule has 112 valence electrons. The first-order chi connectivity index (χ1) is 10.2. The van der Waals surface area contributed by atoms with E-state index in [1.807, 2.05) is 18.2 Å². The van der Waals surface area contributed by atoms with E-state index >= 15 is 0 Å². The zero-order valence-corrected chi connectivity index (χ0v) is 12.1. The first-order valence-corrected chi connectivity index (χ1v) is 8.00. The number of nitrogens with two attached hydrogens (primary N) is 1. The van der Waals surface area contributed by atoms with Crippen molar-refractivity contribution in [3.8, 4) is 5.75 Å². The standard InChI is InChI=1S/C17H22N2O2/c18-12-2-1-3-13(9-12)21-7-6-14(20)19-17-15-10-4-5-11(8-10)16(15)17/h1-3,9-11,15-17H,4-8,18H2,(H,19,20). The molecule has 1 amide bonds. The SMILES string of the molecule is Nc1cccc(OCCC(=O)NC2C3C4CCC(C4)C23)c1. The molecule has 3 aliphatic carbocycles. The van der Waals surface area contributed by atoms with Crippen LogP contribution in [-0.2, 0) is 4.79 Å². The van der Waals surface area contributed by atoms with Crippen LogP contribution in [0.1, 0.15) is 25.7 Å². The first kappa shape index (κ1) is 13.0. The molecule has 4 atom stereocenters. The molecule has 1 aromatic rings. The van der Waals surface area contributed by atoms with Crippen LogP contribution in [0.2, 0.25) is 0 Å². The average Bonchev–Trinajstić information content (AvgIpc) is 2.84. The van der Waals surface area contributed by atoms with Crippen molar-refractivity contribution < 1.29 is 9.53 Å². The summed E-state index contributed by atoms with van der Waals surface area (Å²) < 4.78 is 5.57. The molecule has 0 heterocycles. The molecule has 0 aliphatic heterocycles. The number of benzene rings is 1. The molecule has 2 bridgehead atoms. The topological polar surface area (TPSA) is 64.3 Å². The summed E-state index contributed by atoms with van der Waals surface area (Å²) >= 11 is 0. The molecule has 0 saturated heterocycles. The monoisotopic (exact) mass is 286 g/mol. The minimum atomic E-state index is 0.123. The number of nitrogen functional groups attached to an aromatic ring is 1. The van der Waals surface area contributed by atoms with Crippen molar-refractivity contribution in [2.45, 2.75) is 31.7 Å². The second-order valence-corrected chi connectivity index (χ2v) is 6.75. The highest BCUT2D eigenvalue weighted by molar-refractivity contribution is 5.77. The number of hydrogen-bond acceptors (Lipinski definition) is 3. The maximum Gasteiger partial charge on any atom is 0.223 e. The number of anilines is 1. The number of hydrogen-bond donors (Lipinski definition) is 2. The van der Waals surface area contributed by atoms with Crippen molar-refractivity contribution in [1.82, 2.24) is 5.32 Å². The van der Waals surface area contributed by atoms with E-state index in [-0.39, 0.29) is 5.91 Å². The van der Waals surface area contributed by atoms with Crippen molar-refractivity contribution in [3.63, 3.8) is 0 Å². The van der Waals surface area contributed by atoms with Gasteiger partial charge in [0, 0.05) is 17.8 Å². The highest BCUT2D eigenvalue weighted by atomic mass is 16.5. The van der Waals surface area contributed by atoms with Crippen LogP contribution in [0.5, 0.6) is 5.75 Å². The minimum Gasteiger partial charge on any atom is -0.493 e. The quantitative estimate of drug-likeness (QED) is 0.816. The number of amides is 1. The zero-order chi connectivity index (χ0) is 14.4. The smallest absolute Gasteiger partial charge is 0.223 e. The van der Waals surface area contributed by atoms with E-state index in [1.165, 1.54) is 19.3 Å². The van der Waals surface area contributed by atoms with Crippen LogP contribution in [0.15, 0.2) is 24.3 Å². The van der Waals surface area contributed by atoms with E-state index in [9.17, 15) is 4.79 Å². The van der Waals surface area contributed by atoms with Crippen molar-refractivity contribution >= 4 is 11.6 Å². The van der Waals surface area contributed by atoms with E-state index in [2.05, 4.69) is 5.32 Å². The summed E-state index contributed by atoms with van der Waals surface area (Å²) in [5.41, 5.74) is 6.37. The van der Waals surface area contributed by atoms with Gasteiger partial charge in [-0.25, -0.2) is 0 Å². The van der Waals surface area contributed by atoms with Gasteiger partial charge in [0.05, 0.1) is 13.0 Å². The lowest BCUT2D eigenvalue weighted by Crippen LogP contribution is -2.30. The molecule has 3 N–H and O–H groups in total. The van der Waals surface area contributed by atoms with Gasteiger partial charge in [-0.15, -0.1) is 0 Å². The van der Waals surface area contributed by atoms with Crippen molar-refractivity contribution in [3.05, 3.63) is 24.3 Å². The third-order valence-electron chi connectivity index (χ3n) is 5.52. The normalized spacial score (nSPS) is 35.3. The number of nitrogens with one attached hydrogen (secondary N) is 1. The van der Waals surface area contributed by atoms with Crippen LogP contribution in [-0.4, -0.2) is 18.6 Å². The molecule has 4 rings (SSSR count). The van der Waals surface area contributed by atoms with Crippen molar-refractivity contribution in [2.75, 3.05) is 12.3 Å². The lowest BCUT2D eigenvalue weighted by atomic mass is 10.0. The number of rotatable bonds is 5. The van der Waals surface area contributed by atoms with E-state index in [0.29, 0.717) is 24.8 Å². The summed E-state index contributed by atoms with van der Waals surface area (Å²) in [6.45, 7) is 0.407. The second-order valence-electron chi connectivity index (χ2n) is 6.75. The lowest BCUT2D eigenvalue weighted by molar-refractivity contribution is -0.121. The summed E-state index contributed by atoms with van der Waals surface area (Å²) in [5, 5.41) is 3.21. The van der Waals surface area contributed by atoms with Crippen molar-refractivity contribution in [2.24, 2.45) is 23.7 Å². The Labute approximate surface area is 125 Å². The fraction of sp³-hybridized carbons (Fsp3) is 0.588. The summed E-state index contributed by atoms with van der Waals surface area (Å²) in [4.78, 5) is 12.0. The Hall–Kier alpha value is -1.71. The molecule has 4 nitrogen and oxygen atoms in total. The number of ether oxygens (including phenoxy) is 1. The van der Waals surface area contributed by atoms with Crippen molar-refractivity contribution in [1.29, 1.82) is 0 Å². The molecule has 0 spiro atoms. The van der Waals surface area contributed by atoms with Gasteiger partial charge in [0.1, 0.15) is 5.75 Å². The fourth-order valence-electron chi connectivity index (χ4n) is 4.64. The molecular formula is C17H22N2O2. The summed E-state index contributed by atoms with van der Waals surface area (Å²) in [6.07, 6.45) is 4.60. The maximum atomic E-state index is 12.0. The summed E-state index contributed by atoms with van der Waals surface area (Å²) in [6, 6.07) is 7.78. The highest BCUT2D eigenvalue weighted by Gasteiger charge is 2.65. The van der Waals surface area contributed by atoms with E-state index < -0.39 is 0 Å². The number of fused-ring (bicyclic) bond motifs is 5. The highest BCUT2D eigenvalue weighted by Crippen LogP contribution is 2.65. The summed E-state index contributed by atoms with van der Waals surface area (Å²) in [7, 11) is 0. The van der Waals surface area contributed by atoms with E-state index in [4.69, 9.17) is 10.5 Å². The van der Waals surface area contributed by atoms with Crippen LogP contribution in [0.25, 0.3) is 0 Å². The maximum absolute atomic E-state index is 12.0. The second kappa shape index (κ2) is 4.93. The van der Waals surface area contributed by atoms with Gasteiger partial charge < -0.3 is 15.8 Å². The Morgan fingerprint density at radius 3 is 2.76 bits per heavy atom. The molecule has 1 aromatic carbocycles. The number of carbonyl (C=O) groups is 1. The molecular weight excluding hydrogens is 264 g/mol. The van der Waals surface area contributed by atoms with E-state index in [0.717, 1.165) is 29.4 Å². The van der Waals surface area contributed by atoms with Crippen LogP contribution in [0.4, 0.5) is 5.69 Å².